The van der Waals surface area contributed by atoms with E-state index in [1.165, 1.54) is 0 Å². The number of nitrogens with one attached hydrogen (secondary N) is 1. The van der Waals surface area contributed by atoms with Crippen molar-refractivity contribution in [2.75, 3.05) is 25.4 Å². The molecule has 5 heteroatoms. The molecule has 1 saturated heterocycles. The molecule has 1 aliphatic heterocycles. The Balaban J connectivity index is 2.60. The Kier molecular flexibility index (Phi) is 5.21. The summed E-state index contributed by atoms with van der Waals surface area (Å²) in [6.07, 6.45) is 1.64. The molecule has 4 nitrogen and oxygen atoms in total. The van der Waals surface area contributed by atoms with Crippen molar-refractivity contribution in [1.29, 1.82) is 0 Å². The maximum absolute atomic E-state index is 12.2. The molecule has 0 unspecified atom stereocenters. The van der Waals surface area contributed by atoms with Crippen molar-refractivity contribution >= 4 is 10.0 Å². The first-order chi connectivity index (χ1) is 7.47. The molecule has 1 rings (SSSR count). The van der Waals surface area contributed by atoms with Crippen molar-refractivity contribution in [3.05, 3.63) is 0 Å². The SMILES string of the molecule is CCCN(C1CNC1)S(=O)(=O)CCC(C)C. The minimum absolute atomic E-state index is 0.192. The van der Waals surface area contributed by atoms with Crippen LogP contribution in [0.5, 0.6) is 0 Å². The zero-order chi connectivity index (χ0) is 12.2. The maximum atomic E-state index is 12.2. The Hall–Kier alpha value is -0.130. The van der Waals surface area contributed by atoms with Gasteiger partial charge in [0.15, 0.2) is 0 Å². The van der Waals surface area contributed by atoms with Crippen molar-refractivity contribution in [3.8, 4) is 0 Å². The van der Waals surface area contributed by atoms with E-state index in [4.69, 9.17) is 0 Å². The van der Waals surface area contributed by atoms with Gasteiger partial charge in [0, 0.05) is 25.7 Å². The lowest BCUT2D eigenvalue weighted by Crippen LogP contribution is -2.59. The van der Waals surface area contributed by atoms with E-state index in [9.17, 15) is 8.42 Å². The second-order valence-electron chi connectivity index (χ2n) is 4.92. The van der Waals surface area contributed by atoms with Crippen LogP contribution >= 0.6 is 0 Å². The summed E-state index contributed by atoms with van der Waals surface area (Å²) >= 11 is 0. The van der Waals surface area contributed by atoms with Gasteiger partial charge in [-0.05, 0) is 18.8 Å². The maximum Gasteiger partial charge on any atom is 0.214 e. The molecule has 0 radical (unpaired) electrons. The molecule has 1 fully saturated rings. The second kappa shape index (κ2) is 5.98. The third kappa shape index (κ3) is 3.71. The summed E-state index contributed by atoms with van der Waals surface area (Å²) in [7, 11) is -3.05. The summed E-state index contributed by atoms with van der Waals surface area (Å²) in [5.41, 5.74) is 0. The van der Waals surface area contributed by atoms with Crippen LogP contribution in [0.25, 0.3) is 0 Å². The number of sulfonamides is 1. The lowest BCUT2D eigenvalue weighted by atomic mass is 10.2. The fraction of sp³-hybridized carbons (Fsp3) is 1.00. The van der Waals surface area contributed by atoms with Crippen molar-refractivity contribution < 1.29 is 8.42 Å². The molecular formula is C11H24N2O2S. The van der Waals surface area contributed by atoms with E-state index < -0.39 is 10.0 Å². The van der Waals surface area contributed by atoms with Crippen LogP contribution in [0.15, 0.2) is 0 Å². The highest BCUT2D eigenvalue weighted by molar-refractivity contribution is 7.89. The Morgan fingerprint density at radius 2 is 2.00 bits per heavy atom. The highest BCUT2D eigenvalue weighted by Gasteiger charge is 2.32. The topological polar surface area (TPSA) is 49.4 Å². The highest BCUT2D eigenvalue weighted by Crippen LogP contribution is 2.15. The van der Waals surface area contributed by atoms with Crippen molar-refractivity contribution in [2.45, 2.75) is 39.7 Å². The van der Waals surface area contributed by atoms with Crippen LogP contribution in [-0.4, -0.2) is 44.2 Å². The molecule has 0 aliphatic carbocycles. The lowest BCUT2D eigenvalue weighted by Gasteiger charge is -2.37. The van der Waals surface area contributed by atoms with E-state index in [0.717, 1.165) is 25.9 Å². The zero-order valence-electron chi connectivity index (χ0n) is 10.6. The number of hydrogen-bond acceptors (Lipinski definition) is 3. The third-order valence-electron chi connectivity index (χ3n) is 2.92. The van der Waals surface area contributed by atoms with Gasteiger partial charge >= 0.3 is 0 Å². The normalized spacial score (nSPS) is 18.1. The largest absolute Gasteiger partial charge is 0.313 e. The van der Waals surface area contributed by atoms with Crippen LogP contribution in [0.4, 0.5) is 0 Å². The third-order valence-corrected chi connectivity index (χ3v) is 4.87. The van der Waals surface area contributed by atoms with Crippen LogP contribution in [-0.2, 0) is 10.0 Å². The fourth-order valence-electron chi connectivity index (χ4n) is 1.75. The summed E-state index contributed by atoms with van der Waals surface area (Å²) in [5.74, 6) is 0.735. The van der Waals surface area contributed by atoms with Gasteiger partial charge in [0.1, 0.15) is 0 Å². The van der Waals surface area contributed by atoms with Crippen LogP contribution in [0, 0.1) is 5.92 Å². The van der Waals surface area contributed by atoms with E-state index in [1.807, 2.05) is 6.92 Å². The smallest absolute Gasteiger partial charge is 0.214 e. The molecular weight excluding hydrogens is 224 g/mol. The Labute approximate surface area is 99.5 Å². The van der Waals surface area contributed by atoms with Crippen LogP contribution < -0.4 is 5.32 Å². The van der Waals surface area contributed by atoms with Gasteiger partial charge in [-0.1, -0.05) is 20.8 Å². The molecule has 1 heterocycles. The van der Waals surface area contributed by atoms with Gasteiger partial charge in [-0.2, -0.15) is 4.31 Å². The molecule has 1 aliphatic rings. The minimum Gasteiger partial charge on any atom is -0.313 e. The zero-order valence-corrected chi connectivity index (χ0v) is 11.4. The number of nitrogens with zero attached hydrogens (tertiary/aromatic N) is 1. The lowest BCUT2D eigenvalue weighted by molar-refractivity contribution is 0.241. The minimum atomic E-state index is -3.05. The molecule has 0 aromatic heterocycles. The van der Waals surface area contributed by atoms with Gasteiger partial charge in [0.25, 0.3) is 0 Å². The molecule has 0 aromatic carbocycles. The van der Waals surface area contributed by atoms with Gasteiger partial charge in [-0.3, -0.25) is 0 Å². The van der Waals surface area contributed by atoms with Gasteiger partial charge in [-0.25, -0.2) is 8.42 Å². The van der Waals surface area contributed by atoms with Crippen LogP contribution in [0.3, 0.4) is 0 Å². The van der Waals surface area contributed by atoms with Crippen molar-refractivity contribution in [3.63, 3.8) is 0 Å². The molecule has 0 atom stereocenters. The fourth-order valence-corrected chi connectivity index (χ4v) is 3.82. The monoisotopic (exact) mass is 248 g/mol. The Bertz CT molecular complexity index is 297. The molecule has 0 spiro atoms. The van der Waals surface area contributed by atoms with Gasteiger partial charge in [0.05, 0.1) is 5.75 Å². The summed E-state index contributed by atoms with van der Waals surface area (Å²) in [5, 5.41) is 3.13. The predicted octanol–water partition coefficient (Wildman–Crippen LogP) is 1.05. The van der Waals surface area contributed by atoms with E-state index in [-0.39, 0.29) is 6.04 Å². The predicted molar refractivity (Wildman–Crippen MR) is 66.9 cm³/mol. The van der Waals surface area contributed by atoms with Crippen molar-refractivity contribution in [1.82, 2.24) is 9.62 Å². The second-order valence-corrected chi connectivity index (χ2v) is 6.96. The Morgan fingerprint density at radius 1 is 1.38 bits per heavy atom. The molecule has 1 N–H and O–H groups in total. The average Bonchev–Trinajstić information content (AvgIpc) is 2.11. The van der Waals surface area contributed by atoms with Gasteiger partial charge in [0.2, 0.25) is 10.0 Å². The summed E-state index contributed by atoms with van der Waals surface area (Å²) in [4.78, 5) is 0. The number of hydrogen-bond donors (Lipinski definition) is 1. The van der Waals surface area contributed by atoms with Crippen LogP contribution in [0.1, 0.15) is 33.6 Å². The quantitative estimate of drug-likeness (QED) is 0.732. The van der Waals surface area contributed by atoms with Gasteiger partial charge < -0.3 is 5.32 Å². The van der Waals surface area contributed by atoms with E-state index in [2.05, 4.69) is 19.2 Å². The van der Waals surface area contributed by atoms with E-state index in [0.29, 0.717) is 18.2 Å². The standard InChI is InChI=1S/C11H24N2O2S/c1-4-6-13(11-8-12-9-11)16(14,15)7-5-10(2)3/h10-12H,4-9H2,1-3H3. The molecule has 0 aromatic rings. The molecule has 0 saturated carbocycles. The highest BCUT2D eigenvalue weighted by atomic mass is 32.2. The first-order valence-corrected chi connectivity index (χ1v) is 7.78. The molecule has 16 heavy (non-hydrogen) atoms. The Morgan fingerprint density at radius 3 is 2.38 bits per heavy atom. The summed E-state index contributed by atoms with van der Waals surface area (Å²) in [6, 6.07) is 0.192. The molecule has 0 bridgehead atoms. The van der Waals surface area contributed by atoms with Gasteiger partial charge in [-0.15, -0.1) is 0 Å². The van der Waals surface area contributed by atoms with Crippen LogP contribution in [0.2, 0.25) is 0 Å². The summed E-state index contributed by atoms with van der Waals surface area (Å²) < 4.78 is 26.0. The van der Waals surface area contributed by atoms with Crippen molar-refractivity contribution in [2.24, 2.45) is 5.92 Å². The first kappa shape index (κ1) is 13.9. The first-order valence-electron chi connectivity index (χ1n) is 6.17. The van der Waals surface area contributed by atoms with E-state index in [1.54, 1.807) is 4.31 Å². The summed E-state index contributed by atoms with van der Waals surface area (Å²) in [6.45, 7) is 8.42. The number of rotatable bonds is 7. The molecule has 0 amide bonds. The molecule has 96 valence electrons. The average molecular weight is 248 g/mol. The van der Waals surface area contributed by atoms with E-state index >= 15 is 0 Å².